The van der Waals surface area contributed by atoms with Crippen LogP contribution >= 0.6 is 0 Å². The quantitative estimate of drug-likeness (QED) is 0.533. The number of hydrogen-bond donors (Lipinski definition) is 1. The maximum absolute atomic E-state index is 10.9. The van der Waals surface area contributed by atoms with Crippen LogP contribution in [0.25, 0.3) is 22.9 Å². The van der Waals surface area contributed by atoms with E-state index in [9.17, 15) is 4.79 Å². The molecule has 140 valence electrons. The first-order valence-electron chi connectivity index (χ1n) is 9.08. The van der Waals surface area contributed by atoms with Crippen molar-refractivity contribution in [3.05, 3.63) is 54.1 Å². The molecule has 6 heteroatoms. The molecule has 1 aromatic heterocycles. The van der Waals surface area contributed by atoms with Gasteiger partial charge in [-0.05, 0) is 55.0 Å². The van der Waals surface area contributed by atoms with Crippen LogP contribution in [0.15, 0.2) is 52.9 Å². The van der Waals surface area contributed by atoms with E-state index < -0.39 is 5.97 Å². The monoisotopic (exact) mass is 366 g/mol. The Morgan fingerprint density at radius 3 is 2.07 bits per heavy atom. The van der Waals surface area contributed by atoms with Crippen molar-refractivity contribution in [2.45, 2.75) is 32.6 Å². The summed E-state index contributed by atoms with van der Waals surface area (Å²) in [5.74, 6) is 0.597. The molecule has 0 fully saturated rings. The van der Waals surface area contributed by atoms with Crippen LogP contribution in [0.2, 0.25) is 0 Å². The number of rotatable bonds is 9. The van der Waals surface area contributed by atoms with Gasteiger partial charge < -0.3 is 14.3 Å². The second kappa shape index (κ2) is 8.98. The van der Waals surface area contributed by atoms with Crippen LogP contribution in [-0.4, -0.2) is 27.9 Å². The van der Waals surface area contributed by atoms with Crippen molar-refractivity contribution in [1.82, 2.24) is 10.2 Å². The third-order valence-electron chi connectivity index (χ3n) is 4.17. The molecular formula is C21H22N2O4. The number of aromatic carboxylic acids is 1. The van der Waals surface area contributed by atoms with Gasteiger partial charge in [-0.1, -0.05) is 26.2 Å². The van der Waals surface area contributed by atoms with Crippen molar-refractivity contribution in [1.29, 1.82) is 0 Å². The highest BCUT2D eigenvalue weighted by Gasteiger charge is 2.11. The van der Waals surface area contributed by atoms with Gasteiger partial charge in [0.2, 0.25) is 11.8 Å². The summed E-state index contributed by atoms with van der Waals surface area (Å²) < 4.78 is 11.4. The topological polar surface area (TPSA) is 85.5 Å². The fraction of sp³-hybridized carbons (Fsp3) is 0.286. The minimum absolute atomic E-state index is 0.212. The first kappa shape index (κ1) is 18.6. The van der Waals surface area contributed by atoms with Gasteiger partial charge in [-0.2, -0.15) is 0 Å². The van der Waals surface area contributed by atoms with E-state index in [0.29, 0.717) is 17.3 Å². The second-order valence-electron chi connectivity index (χ2n) is 6.23. The lowest BCUT2D eigenvalue weighted by atomic mass is 10.1. The summed E-state index contributed by atoms with van der Waals surface area (Å²) in [6.45, 7) is 2.91. The van der Waals surface area contributed by atoms with Crippen LogP contribution in [0.5, 0.6) is 5.75 Å². The highest BCUT2D eigenvalue weighted by molar-refractivity contribution is 5.88. The van der Waals surface area contributed by atoms with Crippen LogP contribution < -0.4 is 4.74 Å². The SMILES string of the molecule is CCCCCCOc1ccc(-c2nnc(-c3ccc(C(=O)O)cc3)o2)cc1. The zero-order chi connectivity index (χ0) is 19.1. The van der Waals surface area contributed by atoms with E-state index in [1.54, 1.807) is 12.1 Å². The molecule has 0 atom stereocenters. The van der Waals surface area contributed by atoms with Gasteiger partial charge in [0, 0.05) is 11.1 Å². The van der Waals surface area contributed by atoms with Gasteiger partial charge in [0.1, 0.15) is 5.75 Å². The summed E-state index contributed by atoms with van der Waals surface area (Å²) in [6, 6.07) is 13.9. The van der Waals surface area contributed by atoms with E-state index in [4.69, 9.17) is 14.3 Å². The standard InChI is InChI=1S/C21H22N2O4/c1-2-3-4-5-14-26-18-12-10-16(11-13-18)20-23-22-19(27-20)15-6-8-17(9-7-15)21(24)25/h6-13H,2-5,14H2,1H3,(H,24,25). The molecule has 0 radical (unpaired) electrons. The molecule has 3 aromatic rings. The Morgan fingerprint density at radius 1 is 0.926 bits per heavy atom. The van der Waals surface area contributed by atoms with Crippen molar-refractivity contribution in [3.8, 4) is 28.7 Å². The van der Waals surface area contributed by atoms with Crippen LogP contribution in [0, 0.1) is 0 Å². The maximum Gasteiger partial charge on any atom is 0.335 e. The van der Waals surface area contributed by atoms with Gasteiger partial charge in [-0.3, -0.25) is 0 Å². The zero-order valence-electron chi connectivity index (χ0n) is 15.2. The van der Waals surface area contributed by atoms with Crippen LogP contribution in [0.3, 0.4) is 0 Å². The first-order valence-corrected chi connectivity index (χ1v) is 9.08. The lowest BCUT2D eigenvalue weighted by Gasteiger charge is -2.06. The molecular weight excluding hydrogens is 344 g/mol. The Hall–Kier alpha value is -3.15. The van der Waals surface area contributed by atoms with Gasteiger partial charge >= 0.3 is 5.97 Å². The van der Waals surface area contributed by atoms with E-state index in [0.717, 1.165) is 24.3 Å². The number of aromatic nitrogens is 2. The molecule has 1 N–H and O–H groups in total. The van der Waals surface area contributed by atoms with Crippen LogP contribution in [-0.2, 0) is 0 Å². The Bertz CT molecular complexity index is 870. The third-order valence-corrected chi connectivity index (χ3v) is 4.17. The Balaban J connectivity index is 1.63. The van der Waals surface area contributed by atoms with Gasteiger partial charge in [-0.15, -0.1) is 10.2 Å². The summed E-state index contributed by atoms with van der Waals surface area (Å²) in [4.78, 5) is 10.9. The lowest BCUT2D eigenvalue weighted by Crippen LogP contribution is -1.96. The molecule has 0 amide bonds. The van der Waals surface area contributed by atoms with Gasteiger partial charge in [-0.25, -0.2) is 4.79 Å². The largest absolute Gasteiger partial charge is 0.494 e. The highest BCUT2D eigenvalue weighted by Crippen LogP contribution is 2.25. The number of hydrogen-bond acceptors (Lipinski definition) is 5. The molecule has 0 aliphatic heterocycles. The number of benzene rings is 2. The van der Waals surface area contributed by atoms with Crippen molar-refractivity contribution in [3.63, 3.8) is 0 Å². The molecule has 6 nitrogen and oxygen atoms in total. The van der Waals surface area contributed by atoms with Crippen molar-refractivity contribution in [2.24, 2.45) is 0 Å². The van der Waals surface area contributed by atoms with E-state index in [1.165, 1.54) is 31.4 Å². The van der Waals surface area contributed by atoms with Crippen molar-refractivity contribution in [2.75, 3.05) is 6.61 Å². The van der Waals surface area contributed by atoms with Crippen LogP contribution in [0.4, 0.5) is 0 Å². The molecule has 3 rings (SSSR count). The van der Waals surface area contributed by atoms with Crippen molar-refractivity contribution < 1.29 is 19.1 Å². The number of nitrogens with zero attached hydrogens (tertiary/aromatic N) is 2. The highest BCUT2D eigenvalue weighted by atomic mass is 16.5. The fourth-order valence-electron chi connectivity index (χ4n) is 2.62. The molecule has 0 bridgehead atoms. The van der Waals surface area contributed by atoms with Gasteiger partial charge in [0.15, 0.2) is 0 Å². The molecule has 0 spiro atoms. The fourth-order valence-corrected chi connectivity index (χ4v) is 2.62. The van der Waals surface area contributed by atoms with E-state index in [1.807, 2.05) is 24.3 Å². The minimum Gasteiger partial charge on any atom is -0.494 e. The van der Waals surface area contributed by atoms with E-state index in [-0.39, 0.29) is 5.56 Å². The first-order chi connectivity index (χ1) is 13.2. The number of carbonyl (C=O) groups is 1. The van der Waals surface area contributed by atoms with Crippen LogP contribution in [0.1, 0.15) is 43.0 Å². The molecule has 0 unspecified atom stereocenters. The summed E-state index contributed by atoms with van der Waals surface area (Å²) in [6.07, 6.45) is 4.70. The van der Waals surface area contributed by atoms with Gasteiger partial charge in [0.25, 0.3) is 0 Å². The number of ether oxygens (including phenoxy) is 1. The zero-order valence-corrected chi connectivity index (χ0v) is 15.2. The molecule has 0 saturated heterocycles. The molecule has 0 aliphatic carbocycles. The molecule has 0 aliphatic rings. The molecule has 2 aromatic carbocycles. The summed E-state index contributed by atoms with van der Waals surface area (Å²) in [5.41, 5.74) is 1.68. The van der Waals surface area contributed by atoms with Crippen molar-refractivity contribution >= 4 is 5.97 Å². The summed E-state index contributed by atoms with van der Waals surface area (Å²) in [7, 11) is 0. The predicted molar refractivity (Wildman–Crippen MR) is 102 cm³/mol. The maximum atomic E-state index is 10.9. The normalized spacial score (nSPS) is 10.7. The lowest BCUT2D eigenvalue weighted by molar-refractivity contribution is 0.0697. The second-order valence-corrected chi connectivity index (χ2v) is 6.23. The Labute approximate surface area is 157 Å². The molecule has 27 heavy (non-hydrogen) atoms. The Kier molecular flexibility index (Phi) is 6.20. The minimum atomic E-state index is -0.972. The molecule has 1 heterocycles. The van der Waals surface area contributed by atoms with Gasteiger partial charge in [0.05, 0.1) is 12.2 Å². The molecule has 0 saturated carbocycles. The van der Waals surface area contributed by atoms with E-state index >= 15 is 0 Å². The average Bonchev–Trinajstić information content (AvgIpc) is 3.18. The number of carboxylic acid groups (broad SMARTS) is 1. The summed E-state index contributed by atoms with van der Waals surface area (Å²) >= 11 is 0. The summed E-state index contributed by atoms with van der Waals surface area (Å²) in [5, 5.41) is 17.1. The Morgan fingerprint density at radius 2 is 1.52 bits per heavy atom. The van der Waals surface area contributed by atoms with E-state index in [2.05, 4.69) is 17.1 Å². The smallest absolute Gasteiger partial charge is 0.335 e. The predicted octanol–water partition coefficient (Wildman–Crippen LogP) is 5.06. The average molecular weight is 366 g/mol. The number of unbranched alkanes of at least 4 members (excludes halogenated alkanes) is 3. The number of carboxylic acids is 1. The third kappa shape index (κ3) is 4.94.